The Kier molecular flexibility index (Phi) is 7.84. The van der Waals surface area contributed by atoms with E-state index in [0.717, 1.165) is 12.1 Å². The van der Waals surface area contributed by atoms with Crippen molar-refractivity contribution >= 4 is 27.5 Å². The highest BCUT2D eigenvalue weighted by molar-refractivity contribution is 7.92. The number of carbonyl (C=O) groups excluding carboxylic acids is 2. The number of rotatable bonds is 8. The molecule has 1 fully saturated rings. The molecule has 0 atom stereocenters. The van der Waals surface area contributed by atoms with Crippen molar-refractivity contribution < 1.29 is 27.1 Å². The molecule has 0 amide bonds. The Balaban J connectivity index is 1.32. The summed E-state index contributed by atoms with van der Waals surface area (Å²) in [6, 6.07) is 16.6. The Bertz CT molecular complexity index is 1350. The van der Waals surface area contributed by atoms with Crippen LogP contribution in [0.15, 0.2) is 71.6 Å². The van der Waals surface area contributed by atoms with E-state index in [9.17, 15) is 22.4 Å². The standard InChI is InChI=1S/C28H28FNO5S/c1-19-17-24(29)13-16-27(19)36(33,34)30-25-14-11-23(12-15-25)28(32)35-18-26(31)22-9-7-21(8-10-22)20-5-3-2-4-6-20/h7-17,20,30H,2-6,18H2,1H3. The summed E-state index contributed by atoms with van der Waals surface area (Å²) in [6.45, 7) is 1.11. The van der Waals surface area contributed by atoms with Crippen LogP contribution in [0.3, 0.4) is 0 Å². The van der Waals surface area contributed by atoms with Crippen molar-refractivity contribution in [3.05, 3.63) is 94.8 Å². The molecule has 6 nitrogen and oxygen atoms in total. The number of carbonyl (C=O) groups is 2. The Morgan fingerprint density at radius 2 is 1.56 bits per heavy atom. The van der Waals surface area contributed by atoms with Gasteiger partial charge in [-0.2, -0.15) is 0 Å². The van der Waals surface area contributed by atoms with Gasteiger partial charge in [0.15, 0.2) is 12.4 Å². The number of halogens is 1. The van der Waals surface area contributed by atoms with Gasteiger partial charge in [0.25, 0.3) is 10.0 Å². The molecule has 36 heavy (non-hydrogen) atoms. The molecular weight excluding hydrogens is 481 g/mol. The highest BCUT2D eigenvalue weighted by Crippen LogP contribution is 2.32. The topological polar surface area (TPSA) is 89.5 Å². The number of benzene rings is 3. The third-order valence-electron chi connectivity index (χ3n) is 6.44. The van der Waals surface area contributed by atoms with E-state index in [0.29, 0.717) is 11.5 Å². The van der Waals surface area contributed by atoms with E-state index in [-0.39, 0.29) is 34.1 Å². The molecule has 4 rings (SSSR count). The average Bonchev–Trinajstić information content (AvgIpc) is 2.87. The van der Waals surface area contributed by atoms with Crippen molar-refractivity contribution in [3.8, 4) is 0 Å². The zero-order chi connectivity index (χ0) is 25.7. The van der Waals surface area contributed by atoms with Gasteiger partial charge in [-0.1, -0.05) is 43.5 Å². The molecule has 1 aliphatic rings. The van der Waals surface area contributed by atoms with Gasteiger partial charge in [0.2, 0.25) is 0 Å². The van der Waals surface area contributed by atoms with E-state index in [4.69, 9.17) is 4.74 Å². The number of aryl methyl sites for hydroxylation is 1. The minimum absolute atomic E-state index is 0.0438. The first-order chi connectivity index (χ1) is 17.2. The fourth-order valence-corrected chi connectivity index (χ4v) is 5.76. The van der Waals surface area contributed by atoms with Crippen LogP contribution in [0.2, 0.25) is 0 Å². The summed E-state index contributed by atoms with van der Waals surface area (Å²) in [4.78, 5) is 24.8. The number of esters is 1. The molecule has 0 heterocycles. The number of ether oxygens (including phenoxy) is 1. The molecule has 188 valence electrons. The summed E-state index contributed by atoms with van der Waals surface area (Å²) in [5, 5.41) is 0. The third-order valence-corrected chi connectivity index (χ3v) is 7.98. The van der Waals surface area contributed by atoms with Gasteiger partial charge in [-0.3, -0.25) is 9.52 Å². The van der Waals surface area contributed by atoms with Gasteiger partial charge < -0.3 is 4.74 Å². The second kappa shape index (κ2) is 11.0. The summed E-state index contributed by atoms with van der Waals surface area (Å²) < 4.78 is 46.1. The van der Waals surface area contributed by atoms with E-state index in [1.165, 1.54) is 74.9 Å². The molecule has 0 bridgehead atoms. The average molecular weight is 510 g/mol. The fourth-order valence-electron chi connectivity index (χ4n) is 4.47. The highest BCUT2D eigenvalue weighted by atomic mass is 32.2. The van der Waals surface area contributed by atoms with Gasteiger partial charge in [0.05, 0.1) is 10.5 Å². The third kappa shape index (κ3) is 6.18. The smallest absolute Gasteiger partial charge is 0.338 e. The molecule has 0 aromatic heterocycles. The first kappa shape index (κ1) is 25.6. The molecular formula is C28H28FNO5S. The van der Waals surface area contributed by atoms with Crippen LogP contribution >= 0.6 is 0 Å². The van der Waals surface area contributed by atoms with Gasteiger partial charge in [-0.05, 0) is 79.3 Å². The van der Waals surface area contributed by atoms with E-state index in [2.05, 4.69) is 4.72 Å². The molecule has 3 aromatic rings. The monoisotopic (exact) mass is 509 g/mol. The summed E-state index contributed by atoms with van der Waals surface area (Å²) >= 11 is 0. The first-order valence-corrected chi connectivity index (χ1v) is 13.4. The van der Waals surface area contributed by atoms with E-state index in [1.807, 2.05) is 12.1 Å². The van der Waals surface area contributed by atoms with Crippen LogP contribution < -0.4 is 4.72 Å². The zero-order valence-electron chi connectivity index (χ0n) is 20.0. The molecule has 0 saturated heterocycles. The zero-order valence-corrected chi connectivity index (χ0v) is 20.8. The molecule has 0 radical (unpaired) electrons. The number of Topliss-reactive ketones (excluding diaryl/α,β-unsaturated/α-hetero) is 1. The summed E-state index contributed by atoms with van der Waals surface area (Å²) in [6.07, 6.45) is 6.12. The number of hydrogen-bond donors (Lipinski definition) is 1. The molecule has 8 heteroatoms. The SMILES string of the molecule is Cc1cc(F)ccc1S(=O)(=O)Nc1ccc(C(=O)OCC(=O)c2ccc(C3CCCCC3)cc2)cc1. The molecule has 0 unspecified atom stereocenters. The maximum absolute atomic E-state index is 13.3. The summed E-state index contributed by atoms with van der Waals surface area (Å²) in [7, 11) is -3.93. The Morgan fingerprint density at radius 3 is 2.19 bits per heavy atom. The first-order valence-electron chi connectivity index (χ1n) is 11.9. The van der Waals surface area contributed by atoms with E-state index >= 15 is 0 Å². The summed E-state index contributed by atoms with van der Waals surface area (Å²) in [5.74, 6) is -0.958. The van der Waals surface area contributed by atoms with Gasteiger partial charge >= 0.3 is 5.97 Å². The van der Waals surface area contributed by atoms with Crippen molar-refractivity contribution in [2.24, 2.45) is 0 Å². The molecule has 1 N–H and O–H groups in total. The van der Waals surface area contributed by atoms with Crippen molar-refractivity contribution in [1.82, 2.24) is 0 Å². The van der Waals surface area contributed by atoms with E-state index in [1.54, 1.807) is 12.1 Å². The molecule has 1 saturated carbocycles. The van der Waals surface area contributed by atoms with Gasteiger partial charge in [-0.25, -0.2) is 17.6 Å². The van der Waals surface area contributed by atoms with Crippen molar-refractivity contribution in [2.75, 3.05) is 11.3 Å². The molecule has 3 aromatic carbocycles. The quantitative estimate of drug-likeness (QED) is 0.296. The minimum Gasteiger partial charge on any atom is -0.454 e. The van der Waals surface area contributed by atoms with Crippen molar-refractivity contribution in [2.45, 2.75) is 49.8 Å². The Labute approximate surface area is 210 Å². The van der Waals surface area contributed by atoms with Crippen LogP contribution in [0.1, 0.15) is 69.9 Å². The Hall–Kier alpha value is -3.52. The fraction of sp³-hybridized carbons (Fsp3) is 0.286. The van der Waals surface area contributed by atoms with Crippen molar-refractivity contribution in [1.29, 1.82) is 0 Å². The lowest BCUT2D eigenvalue weighted by atomic mass is 9.84. The van der Waals surface area contributed by atoms with Crippen LogP contribution in [0, 0.1) is 12.7 Å². The number of ketones is 1. The van der Waals surface area contributed by atoms with Crippen LogP contribution in [0.5, 0.6) is 0 Å². The predicted molar refractivity (Wildman–Crippen MR) is 135 cm³/mol. The van der Waals surface area contributed by atoms with Gasteiger partial charge in [-0.15, -0.1) is 0 Å². The van der Waals surface area contributed by atoms with Crippen LogP contribution in [0.25, 0.3) is 0 Å². The van der Waals surface area contributed by atoms with E-state index < -0.39 is 21.8 Å². The second-order valence-corrected chi connectivity index (χ2v) is 10.7. The molecule has 0 spiro atoms. The normalized spacial score (nSPS) is 14.3. The highest BCUT2D eigenvalue weighted by Gasteiger charge is 2.19. The number of anilines is 1. The second-order valence-electron chi connectivity index (χ2n) is 9.05. The van der Waals surface area contributed by atoms with Crippen molar-refractivity contribution in [3.63, 3.8) is 0 Å². The van der Waals surface area contributed by atoms with Crippen LogP contribution in [-0.4, -0.2) is 26.8 Å². The molecule has 0 aliphatic heterocycles. The lowest BCUT2D eigenvalue weighted by Crippen LogP contribution is -2.15. The van der Waals surface area contributed by atoms with Gasteiger partial charge in [0.1, 0.15) is 5.82 Å². The predicted octanol–water partition coefficient (Wildman–Crippen LogP) is 6.02. The summed E-state index contributed by atoms with van der Waals surface area (Å²) in [5.41, 5.74) is 2.41. The molecule has 1 aliphatic carbocycles. The Morgan fingerprint density at radius 1 is 0.917 bits per heavy atom. The van der Waals surface area contributed by atoms with Gasteiger partial charge in [0, 0.05) is 11.3 Å². The number of sulfonamides is 1. The largest absolute Gasteiger partial charge is 0.454 e. The lowest BCUT2D eigenvalue weighted by molar-refractivity contribution is 0.0475. The number of hydrogen-bond acceptors (Lipinski definition) is 5. The lowest BCUT2D eigenvalue weighted by Gasteiger charge is -2.22. The van der Waals surface area contributed by atoms with Crippen LogP contribution in [0.4, 0.5) is 10.1 Å². The number of nitrogens with one attached hydrogen (secondary N) is 1. The minimum atomic E-state index is -3.93. The van der Waals surface area contributed by atoms with Crippen LogP contribution in [-0.2, 0) is 14.8 Å². The maximum atomic E-state index is 13.3. The maximum Gasteiger partial charge on any atom is 0.338 e.